The molecule has 1 aromatic carbocycles. The van der Waals surface area contributed by atoms with Crippen molar-refractivity contribution in [2.24, 2.45) is 17.3 Å². The number of methoxy groups -OCH3 is 2. The maximum absolute atomic E-state index is 12.4. The zero-order valence-corrected chi connectivity index (χ0v) is 17.0. The third-order valence-electron chi connectivity index (χ3n) is 5.58. The molecule has 1 aliphatic carbocycles. The van der Waals surface area contributed by atoms with Crippen molar-refractivity contribution in [3.8, 4) is 0 Å². The Kier molecular flexibility index (Phi) is 6.09. The lowest BCUT2D eigenvalue weighted by atomic mass is 9.85. The van der Waals surface area contributed by atoms with E-state index in [1.165, 1.54) is 19.8 Å². The summed E-state index contributed by atoms with van der Waals surface area (Å²) in [4.78, 5) is 24.7. The molecule has 4 nitrogen and oxygen atoms in total. The topological polar surface area (TPSA) is 52.6 Å². The van der Waals surface area contributed by atoms with Crippen molar-refractivity contribution in [1.82, 2.24) is 0 Å². The van der Waals surface area contributed by atoms with Gasteiger partial charge in [0.1, 0.15) is 0 Å². The van der Waals surface area contributed by atoms with Crippen molar-refractivity contribution in [3.63, 3.8) is 0 Å². The van der Waals surface area contributed by atoms with Gasteiger partial charge in [0.2, 0.25) is 0 Å². The van der Waals surface area contributed by atoms with E-state index in [1.54, 1.807) is 0 Å². The molecule has 0 heterocycles. The first kappa shape index (κ1) is 19.7. The Bertz CT molecular complexity index is 595. The van der Waals surface area contributed by atoms with Crippen molar-refractivity contribution in [2.75, 3.05) is 14.2 Å². The van der Waals surface area contributed by atoms with Gasteiger partial charge in [0.15, 0.2) is 5.41 Å². The van der Waals surface area contributed by atoms with Crippen LogP contribution in [0.5, 0.6) is 0 Å². The van der Waals surface area contributed by atoms with Gasteiger partial charge in [-0.2, -0.15) is 0 Å². The molecule has 0 aromatic heterocycles. The molecule has 0 amide bonds. The highest BCUT2D eigenvalue weighted by atomic mass is 28.3. The molecule has 0 bridgehead atoms. The number of carbonyl (C=O) groups excluding carboxylic acids is 2. The molecule has 0 unspecified atom stereocenters. The summed E-state index contributed by atoms with van der Waals surface area (Å²) >= 11 is 0. The van der Waals surface area contributed by atoms with Crippen molar-refractivity contribution in [2.45, 2.75) is 44.9 Å². The largest absolute Gasteiger partial charge is 0.468 e. The van der Waals surface area contributed by atoms with Gasteiger partial charge in [0.25, 0.3) is 0 Å². The monoisotopic (exact) mass is 362 g/mol. The Morgan fingerprint density at radius 3 is 2.16 bits per heavy atom. The first-order chi connectivity index (χ1) is 11.7. The highest BCUT2D eigenvalue weighted by Crippen LogP contribution is 2.50. The fourth-order valence-electron chi connectivity index (χ4n) is 4.46. The highest BCUT2D eigenvalue weighted by Gasteiger charge is 2.56. The van der Waals surface area contributed by atoms with E-state index in [2.05, 4.69) is 44.3 Å². The second kappa shape index (κ2) is 7.73. The molecule has 0 N–H and O–H groups in total. The maximum Gasteiger partial charge on any atom is 0.323 e. The Morgan fingerprint density at radius 2 is 1.64 bits per heavy atom. The van der Waals surface area contributed by atoms with Crippen LogP contribution in [-0.4, -0.2) is 34.2 Å². The van der Waals surface area contributed by atoms with Crippen LogP contribution >= 0.6 is 0 Å². The van der Waals surface area contributed by atoms with E-state index in [-0.39, 0.29) is 0 Å². The van der Waals surface area contributed by atoms with E-state index < -0.39 is 25.4 Å². The maximum atomic E-state index is 12.4. The molecule has 0 spiro atoms. The summed E-state index contributed by atoms with van der Waals surface area (Å²) in [6.45, 7) is 6.93. The van der Waals surface area contributed by atoms with Crippen LogP contribution < -0.4 is 0 Å². The summed E-state index contributed by atoms with van der Waals surface area (Å²) in [7, 11) is 1.19. The SMILES string of the molecule is COC(=O)C1(C(=O)OC)C[C@H](C[Si](C)(C)Cc2ccccc2)[C@@H](C)C1. The highest BCUT2D eigenvalue weighted by molar-refractivity contribution is 6.76. The van der Waals surface area contributed by atoms with E-state index >= 15 is 0 Å². The Hall–Kier alpha value is -1.62. The quantitative estimate of drug-likeness (QED) is 0.438. The molecule has 25 heavy (non-hydrogen) atoms. The molecule has 1 aliphatic rings. The molecular formula is C20H30O4Si. The Labute approximate surface area is 151 Å². The second-order valence-corrected chi connectivity index (χ2v) is 13.3. The smallest absolute Gasteiger partial charge is 0.323 e. The van der Waals surface area contributed by atoms with Crippen LogP contribution in [0.4, 0.5) is 0 Å². The Morgan fingerprint density at radius 1 is 1.08 bits per heavy atom. The minimum Gasteiger partial charge on any atom is -0.468 e. The number of carbonyl (C=O) groups is 2. The summed E-state index contributed by atoms with van der Waals surface area (Å²) in [5.41, 5.74) is 0.252. The minimum atomic E-state index is -1.51. The summed E-state index contributed by atoms with van der Waals surface area (Å²) in [5, 5.41) is 0. The zero-order chi connectivity index (χ0) is 18.7. The number of rotatable bonds is 6. The fourth-order valence-corrected chi connectivity index (χ4v) is 7.91. The Balaban J connectivity index is 2.14. The summed E-state index contributed by atoms with van der Waals surface area (Å²) in [6, 6.07) is 12.8. The van der Waals surface area contributed by atoms with Crippen LogP contribution in [0.15, 0.2) is 30.3 Å². The van der Waals surface area contributed by atoms with E-state index in [0.717, 1.165) is 12.1 Å². The summed E-state index contributed by atoms with van der Waals surface area (Å²) in [5.74, 6) is -0.239. The van der Waals surface area contributed by atoms with E-state index in [0.29, 0.717) is 24.7 Å². The van der Waals surface area contributed by atoms with Crippen molar-refractivity contribution >= 4 is 20.0 Å². The van der Waals surface area contributed by atoms with Gasteiger partial charge >= 0.3 is 11.9 Å². The van der Waals surface area contributed by atoms with Crippen molar-refractivity contribution in [3.05, 3.63) is 35.9 Å². The molecule has 138 valence electrons. The van der Waals surface area contributed by atoms with Gasteiger partial charge in [-0.05, 0) is 30.7 Å². The minimum absolute atomic E-state index is 0.306. The predicted octanol–water partition coefficient (Wildman–Crippen LogP) is 3.86. The van der Waals surface area contributed by atoms with Gasteiger partial charge in [0, 0.05) is 0 Å². The number of ether oxygens (including phenoxy) is 2. The molecule has 2 atom stereocenters. The van der Waals surface area contributed by atoms with E-state index in [9.17, 15) is 9.59 Å². The lowest BCUT2D eigenvalue weighted by Gasteiger charge is -2.29. The van der Waals surface area contributed by atoms with Gasteiger partial charge < -0.3 is 9.47 Å². The zero-order valence-electron chi connectivity index (χ0n) is 16.0. The molecule has 5 heteroatoms. The average molecular weight is 363 g/mol. The molecule has 0 saturated heterocycles. The molecule has 1 aromatic rings. The third-order valence-corrected chi connectivity index (χ3v) is 8.57. The average Bonchev–Trinajstić information content (AvgIpc) is 2.90. The van der Waals surface area contributed by atoms with Gasteiger partial charge in [-0.3, -0.25) is 9.59 Å². The van der Waals surface area contributed by atoms with Crippen LogP contribution in [0.2, 0.25) is 19.1 Å². The number of benzene rings is 1. The first-order valence-electron chi connectivity index (χ1n) is 8.95. The number of hydrogen-bond acceptors (Lipinski definition) is 4. The van der Waals surface area contributed by atoms with Crippen LogP contribution in [-0.2, 0) is 25.1 Å². The van der Waals surface area contributed by atoms with Gasteiger partial charge in [-0.15, -0.1) is 0 Å². The van der Waals surface area contributed by atoms with Crippen molar-refractivity contribution < 1.29 is 19.1 Å². The van der Waals surface area contributed by atoms with E-state index in [1.807, 2.05) is 6.07 Å². The first-order valence-corrected chi connectivity index (χ1v) is 12.4. The summed E-state index contributed by atoms with van der Waals surface area (Å²) < 4.78 is 9.91. The van der Waals surface area contributed by atoms with Crippen molar-refractivity contribution in [1.29, 1.82) is 0 Å². The normalized spacial score (nSPS) is 22.4. The lowest BCUT2D eigenvalue weighted by molar-refractivity contribution is -0.169. The molecule has 1 saturated carbocycles. The predicted molar refractivity (Wildman–Crippen MR) is 101 cm³/mol. The molecule has 1 fully saturated rings. The van der Waals surface area contributed by atoms with Crippen LogP contribution in [0.1, 0.15) is 25.3 Å². The second-order valence-electron chi connectivity index (χ2n) is 8.24. The van der Waals surface area contributed by atoms with Crippen LogP contribution in [0.3, 0.4) is 0 Å². The molecular weight excluding hydrogens is 332 g/mol. The number of esters is 2. The van der Waals surface area contributed by atoms with Gasteiger partial charge in [0.05, 0.1) is 22.3 Å². The van der Waals surface area contributed by atoms with Gasteiger partial charge in [-0.25, -0.2) is 0 Å². The fraction of sp³-hybridized carbons (Fsp3) is 0.600. The molecule has 0 radical (unpaired) electrons. The van der Waals surface area contributed by atoms with Crippen LogP contribution in [0, 0.1) is 17.3 Å². The third kappa shape index (κ3) is 4.32. The lowest BCUT2D eigenvalue weighted by Crippen LogP contribution is -2.39. The van der Waals surface area contributed by atoms with Crippen LogP contribution in [0.25, 0.3) is 0 Å². The molecule has 2 rings (SSSR count). The van der Waals surface area contributed by atoms with Gasteiger partial charge in [-0.1, -0.05) is 62.0 Å². The summed E-state index contributed by atoms with van der Waals surface area (Å²) in [6.07, 6.45) is 1.06. The molecule has 0 aliphatic heterocycles. The number of hydrogen-bond donors (Lipinski definition) is 0. The standard InChI is InChI=1S/C20H30O4Si/c1-15-11-20(18(21)23-2,19(22)24-3)12-17(15)14-25(4,5)13-16-9-7-6-8-10-16/h6-10,15,17H,11-14H2,1-5H3/t15-,17+/m0/s1. The van der Waals surface area contributed by atoms with E-state index in [4.69, 9.17) is 9.47 Å².